The van der Waals surface area contributed by atoms with Gasteiger partial charge in [-0.3, -0.25) is 4.79 Å². The predicted octanol–water partition coefficient (Wildman–Crippen LogP) is 3.09. The second-order valence-corrected chi connectivity index (χ2v) is 5.68. The molecular weight excluding hydrogens is 335 g/mol. The Labute approximate surface area is 140 Å². The van der Waals surface area contributed by atoms with E-state index in [2.05, 4.69) is 10.3 Å². The summed E-state index contributed by atoms with van der Waals surface area (Å²) in [6.07, 6.45) is -2.88. The molecule has 5 nitrogen and oxygen atoms in total. The minimum Gasteiger partial charge on any atom is -0.505 e. The molecule has 1 aromatic carbocycles. The fraction of sp³-hybridized carbons (Fsp3) is 0.235. The SMILES string of the molecule is N#Cc1ccc2c(c1)CC[C@H]2NC(=O)c1ncc(C(F)(F)F)cc1O. The van der Waals surface area contributed by atoms with Gasteiger partial charge < -0.3 is 10.4 Å². The van der Waals surface area contributed by atoms with E-state index in [1.165, 1.54) is 0 Å². The highest BCUT2D eigenvalue weighted by atomic mass is 19.4. The van der Waals surface area contributed by atoms with Gasteiger partial charge in [0.15, 0.2) is 5.69 Å². The first kappa shape index (κ1) is 16.8. The number of carbonyl (C=O) groups excluding carboxylic acids is 1. The highest BCUT2D eigenvalue weighted by Crippen LogP contribution is 2.33. The van der Waals surface area contributed by atoms with E-state index >= 15 is 0 Å². The second-order valence-electron chi connectivity index (χ2n) is 5.68. The van der Waals surface area contributed by atoms with Gasteiger partial charge in [0.25, 0.3) is 5.91 Å². The summed E-state index contributed by atoms with van der Waals surface area (Å²) in [5, 5.41) is 21.3. The molecule has 1 aromatic heterocycles. The van der Waals surface area contributed by atoms with Crippen LogP contribution >= 0.6 is 0 Å². The van der Waals surface area contributed by atoms with Crippen LogP contribution in [0.15, 0.2) is 30.5 Å². The highest BCUT2D eigenvalue weighted by molar-refractivity contribution is 5.95. The Kier molecular flexibility index (Phi) is 4.08. The van der Waals surface area contributed by atoms with Gasteiger partial charge in [0.2, 0.25) is 0 Å². The predicted molar refractivity (Wildman–Crippen MR) is 80.6 cm³/mol. The molecule has 1 aliphatic rings. The molecule has 2 N–H and O–H groups in total. The zero-order valence-electron chi connectivity index (χ0n) is 12.8. The highest BCUT2D eigenvalue weighted by Gasteiger charge is 2.33. The van der Waals surface area contributed by atoms with E-state index in [1.54, 1.807) is 18.2 Å². The van der Waals surface area contributed by atoms with Crippen molar-refractivity contribution < 1.29 is 23.1 Å². The van der Waals surface area contributed by atoms with Crippen molar-refractivity contribution in [3.8, 4) is 11.8 Å². The lowest BCUT2D eigenvalue weighted by Gasteiger charge is -2.15. The van der Waals surface area contributed by atoms with Crippen LogP contribution in [0.4, 0.5) is 13.2 Å². The number of nitrogens with zero attached hydrogens (tertiary/aromatic N) is 2. The standard InChI is InChI=1S/C17H12F3N3O2/c18-17(19,20)11-6-14(24)15(22-8-11)16(25)23-13-4-2-10-5-9(7-21)1-3-12(10)13/h1,3,5-6,8,13,24H,2,4H2,(H,23,25)/t13-/m1/s1. The fourth-order valence-electron chi connectivity index (χ4n) is 2.85. The minimum atomic E-state index is -4.65. The average Bonchev–Trinajstić information content (AvgIpc) is 2.95. The molecule has 8 heteroatoms. The van der Waals surface area contributed by atoms with E-state index in [-0.39, 0.29) is 6.04 Å². The van der Waals surface area contributed by atoms with E-state index in [0.717, 1.165) is 11.1 Å². The normalized spacial score (nSPS) is 16.2. The van der Waals surface area contributed by atoms with E-state index in [4.69, 9.17) is 5.26 Å². The Hall–Kier alpha value is -3.08. The number of aromatic nitrogens is 1. The lowest BCUT2D eigenvalue weighted by molar-refractivity contribution is -0.138. The van der Waals surface area contributed by atoms with Gasteiger partial charge in [-0.25, -0.2) is 4.98 Å². The number of carbonyl (C=O) groups is 1. The van der Waals surface area contributed by atoms with Crippen LogP contribution in [0.5, 0.6) is 5.75 Å². The first-order chi connectivity index (χ1) is 11.8. The molecule has 0 spiro atoms. The van der Waals surface area contributed by atoms with Crippen LogP contribution in [-0.4, -0.2) is 16.0 Å². The number of alkyl halides is 3. The molecule has 2 aromatic rings. The number of nitriles is 1. The number of amides is 1. The van der Waals surface area contributed by atoms with Crippen LogP contribution in [0.2, 0.25) is 0 Å². The van der Waals surface area contributed by atoms with Crippen molar-refractivity contribution in [3.05, 3.63) is 58.4 Å². The lowest BCUT2D eigenvalue weighted by atomic mass is 10.1. The van der Waals surface area contributed by atoms with Gasteiger partial charge in [-0.1, -0.05) is 6.07 Å². The Balaban J connectivity index is 1.80. The largest absolute Gasteiger partial charge is 0.505 e. The van der Waals surface area contributed by atoms with E-state index in [1.807, 2.05) is 6.07 Å². The van der Waals surface area contributed by atoms with Gasteiger partial charge in [0.1, 0.15) is 5.75 Å². The molecule has 3 rings (SSSR count). The summed E-state index contributed by atoms with van der Waals surface area (Å²) in [6.45, 7) is 0. The van der Waals surface area contributed by atoms with Crippen molar-refractivity contribution in [2.45, 2.75) is 25.1 Å². The van der Waals surface area contributed by atoms with Crippen molar-refractivity contribution in [2.75, 3.05) is 0 Å². The molecule has 1 heterocycles. The lowest BCUT2D eigenvalue weighted by Crippen LogP contribution is -2.28. The molecule has 0 bridgehead atoms. The topological polar surface area (TPSA) is 86.0 Å². The third-order valence-corrected chi connectivity index (χ3v) is 4.07. The number of rotatable bonds is 2. The number of pyridine rings is 1. The number of benzene rings is 1. The summed E-state index contributed by atoms with van der Waals surface area (Å²) in [7, 11) is 0. The maximum atomic E-state index is 12.6. The second kappa shape index (κ2) is 6.09. The Morgan fingerprint density at radius 1 is 1.36 bits per heavy atom. The van der Waals surface area contributed by atoms with Crippen LogP contribution < -0.4 is 5.32 Å². The van der Waals surface area contributed by atoms with Crippen molar-refractivity contribution in [1.29, 1.82) is 5.26 Å². The van der Waals surface area contributed by atoms with Gasteiger partial charge in [-0.2, -0.15) is 18.4 Å². The summed E-state index contributed by atoms with van der Waals surface area (Å²) in [6, 6.07) is 7.29. The van der Waals surface area contributed by atoms with Crippen molar-refractivity contribution in [2.24, 2.45) is 0 Å². The summed E-state index contributed by atoms with van der Waals surface area (Å²) in [5.41, 5.74) is 0.715. The number of fused-ring (bicyclic) bond motifs is 1. The first-order valence-electron chi connectivity index (χ1n) is 7.39. The maximum absolute atomic E-state index is 12.6. The number of nitrogens with one attached hydrogen (secondary N) is 1. The summed E-state index contributed by atoms with van der Waals surface area (Å²) in [5.74, 6) is -1.58. The number of hydrogen-bond acceptors (Lipinski definition) is 4. The molecular formula is C17H12F3N3O2. The molecule has 0 saturated carbocycles. The quantitative estimate of drug-likeness (QED) is 0.874. The van der Waals surface area contributed by atoms with Gasteiger partial charge in [-0.05, 0) is 42.2 Å². The molecule has 25 heavy (non-hydrogen) atoms. The Morgan fingerprint density at radius 3 is 2.76 bits per heavy atom. The smallest absolute Gasteiger partial charge is 0.418 e. The molecule has 0 unspecified atom stereocenters. The number of aromatic hydroxyl groups is 1. The van der Waals surface area contributed by atoms with Gasteiger partial charge >= 0.3 is 6.18 Å². The van der Waals surface area contributed by atoms with E-state index in [9.17, 15) is 23.1 Å². The monoisotopic (exact) mass is 347 g/mol. The minimum absolute atomic E-state index is 0.348. The molecule has 0 saturated heterocycles. The van der Waals surface area contributed by atoms with Gasteiger partial charge in [0, 0.05) is 6.20 Å². The van der Waals surface area contributed by atoms with Crippen LogP contribution in [0.1, 0.15) is 45.2 Å². The molecule has 0 aliphatic heterocycles. The van der Waals surface area contributed by atoms with Crippen LogP contribution in [0, 0.1) is 11.3 Å². The number of halogens is 3. The molecule has 0 fully saturated rings. The van der Waals surface area contributed by atoms with Crippen molar-refractivity contribution in [1.82, 2.24) is 10.3 Å². The van der Waals surface area contributed by atoms with Crippen LogP contribution in [0.3, 0.4) is 0 Å². The molecule has 1 atom stereocenters. The van der Waals surface area contributed by atoms with Crippen LogP contribution in [-0.2, 0) is 12.6 Å². The van der Waals surface area contributed by atoms with Gasteiger partial charge in [0.05, 0.1) is 23.2 Å². The average molecular weight is 347 g/mol. The summed E-state index contributed by atoms with van der Waals surface area (Å²) < 4.78 is 37.7. The Bertz CT molecular complexity index is 888. The maximum Gasteiger partial charge on any atom is 0.418 e. The van der Waals surface area contributed by atoms with Gasteiger partial charge in [-0.15, -0.1) is 0 Å². The number of hydrogen-bond donors (Lipinski definition) is 2. The third kappa shape index (κ3) is 3.26. The van der Waals surface area contributed by atoms with Crippen molar-refractivity contribution in [3.63, 3.8) is 0 Å². The number of aryl methyl sites for hydroxylation is 1. The third-order valence-electron chi connectivity index (χ3n) is 4.07. The summed E-state index contributed by atoms with van der Waals surface area (Å²) in [4.78, 5) is 15.7. The molecule has 1 aliphatic carbocycles. The molecule has 1 amide bonds. The van der Waals surface area contributed by atoms with E-state index in [0.29, 0.717) is 30.7 Å². The van der Waals surface area contributed by atoms with Crippen molar-refractivity contribution >= 4 is 5.91 Å². The van der Waals surface area contributed by atoms with Crippen LogP contribution in [0.25, 0.3) is 0 Å². The fourth-order valence-corrected chi connectivity index (χ4v) is 2.85. The zero-order valence-corrected chi connectivity index (χ0v) is 12.8. The molecule has 128 valence electrons. The first-order valence-corrected chi connectivity index (χ1v) is 7.39. The zero-order chi connectivity index (χ0) is 18.2. The van der Waals surface area contributed by atoms with E-state index < -0.39 is 29.1 Å². The Morgan fingerprint density at radius 2 is 2.12 bits per heavy atom. The molecule has 0 radical (unpaired) electrons. The summed E-state index contributed by atoms with van der Waals surface area (Å²) >= 11 is 0.